The molecule has 0 amide bonds. The number of anilines is 1. The van der Waals surface area contributed by atoms with Gasteiger partial charge in [0.05, 0.1) is 12.8 Å². The number of nitrogens with zero attached hydrogens (tertiary/aromatic N) is 2. The van der Waals surface area contributed by atoms with Crippen LogP contribution in [0.2, 0.25) is 0 Å². The second-order valence-electron chi connectivity index (χ2n) is 5.34. The molecule has 2 aromatic carbocycles. The van der Waals surface area contributed by atoms with Crippen molar-refractivity contribution in [3.8, 4) is 5.75 Å². The van der Waals surface area contributed by atoms with Gasteiger partial charge in [0.2, 0.25) is 0 Å². The van der Waals surface area contributed by atoms with Crippen LogP contribution >= 0.6 is 12.2 Å². The highest BCUT2D eigenvalue weighted by Crippen LogP contribution is 2.15. The van der Waals surface area contributed by atoms with Crippen LogP contribution in [-0.4, -0.2) is 22.9 Å². The van der Waals surface area contributed by atoms with E-state index in [0.29, 0.717) is 10.8 Å². The summed E-state index contributed by atoms with van der Waals surface area (Å²) in [5.41, 5.74) is 6.16. The Morgan fingerprint density at radius 1 is 0.962 bits per heavy atom. The molecule has 0 bridgehead atoms. The van der Waals surface area contributed by atoms with Crippen molar-refractivity contribution in [1.82, 2.24) is 10.4 Å². The quantitative estimate of drug-likeness (QED) is 0.410. The van der Waals surface area contributed by atoms with E-state index in [1.165, 1.54) is 0 Å². The van der Waals surface area contributed by atoms with Crippen molar-refractivity contribution in [3.05, 3.63) is 90.3 Å². The van der Waals surface area contributed by atoms with Crippen LogP contribution in [-0.2, 0) is 0 Å². The maximum Gasteiger partial charge on any atom is 0.191 e. The predicted molar refractivity (Wildman–Crippen MR) is 109 cm³/mol. The number of methoxy groups -OCH3 is 1. The van der Waals surface area contributed by atoms with Gasteiger partial charge >= 0.3 is 0 Å². The minimum atomic E-state index is 0.388. The second kappa shape index (κ2) is 8.73. The topological polar surface area (TPSA) is 58.5 Å². The van der Waals surface area contributed by atoms with Crippen LogP contribution in [0.4, 0.5) is 5.69 Å². The summed E-state index contributed by atoms with van der Waals surface area (Å²) in [5, 5.41) is 7.95. The molecule has 130 valence electrons. The lowest BCUT2D eigenvalue weighted by Crippen LogP contribution is -2.25. The van der Waals surface area contributed by atoms with Gasteiger partial charge in [-0.25, -0.2) is 0 Å². The number of nitrogens with one attached hydrogen (secondary N) is 2. The van der Waals surface area contributed by atoms with Crippen molar-refractivity contribution in [1.29, 1.82) is 0 Å². The molecule has 2 N–H and O–H groups in total. The second-order valence-corrected chi connectivity index (χ2v) is 5.74. The zero-order chi connectivity index (χ0) is 18.2. The van der Waals surface area contributed by atoms with Gasteiger partial charge in [0.25, 0.3) is 0 Å². The normalized spacial score (nSPS) is 10.9. The zero-order valence-electron chi connectivity index (χ0n) is 14.2. The number of ether oxygens (including phenoxy) is 1. The fourth-order valence-electron chi connectivity index (χ4n) is 2.31. The minimum absolute atomic E-state index is 0.388. The summed E-state index contributed by atoms with van der Waals surface area (Å²) in [6.07, 6.45) is 1.74. The van der Waals surface area contributed by atoms with Crippen molar-refractivity contribution in [2.24, 2.45) is 5.10 Å². The molecule has 0 radical (unpaired) electrons. The smallest absolute Gasteiger partial charge is 0.191 e. The Kier molecular flexibility index (Phi) is 5.90. The van der Waals surface area contributed by atoms with E-state index < -0.39 is 0 Å². The molecule has 3 aromatic rings. The summed E-state index contributed by atoms with van der Waals surface area (Å²) in [7, 11) is 1.63. The van der Waals surface area contributed by atoms with Gasteiger partial charge in [0, 0.05) is 17.4 Å². The van der Waals surface area contributed by atoms with Crippen molar-refractivity contribution in [2.45, 2.75) is 0 Å². The number of hydrogen-bond acceptors (Lipinski definition) is 4. The molecule has 26 heavy (non-hydrogen) atoms. The van der Waals surface area contributed by atoms with Crippen LogP contribution in [0.25, 0.3) is 0 Å². The van der Waals surface area contributed by atoms with Gasteiger partial charge in [-0.05, 0) is 48.6 Å². The molecule has 1 aromatic heterocycles. The Bertz CT molecular complexity index is 839. The maximum absolute atomic E-state index is 5.33. The summed E-state index contributed by atoms with van der Waals surface area (Å²) in [6.45, 7) is 0. The van der Waals surface area contributed by atoms with Crippen molar-refractivity contribution < 1.29 is 4.74 Å². The largest absolute Gasteiger partial charge is 0.497 e. The Hall–Kier alpha value is -3.25. The van der Waals surface area contributed by atoms with E-state index >= 15 is 0 Å². The van der Waals surface area contributed by atoms with Crippen molar-refractivity contribution >= 4 is 28.7 Å². The summed E-state index contributed by atoms with van der Waals surface area (Å²) in [6, 6.07) is 23.0. The molecular weight excluding hydrogens is 344 g/mol. The number of hydrogen-bond donors (Lipinski definition) is 2. The Balaban J connectivity index is 1.76. The molecule has 3 rings (SSSR count). The van der Waals surface area contributed by atoms with Gasteiger partial charge in [-0.1, -0.05) is 36.4 Å². The molecule has 5 nitrogen and oxygen atoms in total. The molecule has 0 aliphatic heterocycles. The highest BCUT2D eigenvalue weighted by Gasteiger charge is 2.08. The molecule has 6 heteroatoms. The lowest BCUT2D eigenvalue weighted by Gasteiger charge is -2.10. The van der Waals surface area contributed by atoms with Gasteiger partial charge < -0.3 is 10.1 Å². The zero-order valence-corrected chi connectivity index (χ0v) is 15.0. The van der Waals surface area contributed by atoms with Crippen LogP contribution in [0.1, 0.15) is 11.3 Å². The highest BCUT2D eigenvalue weighted by atomic mass is 32.1. The van der Waals surface area contributed by atoms with Gasteiger partial charge in [-0.2, -0.15) is 5.10 Å². The Morgan fingerprint density at radius 2 is 1.69 bits per heavy atom. The number of thiocarbonyl (C=S) groups is 1. The molecule has 0 aliphatic rings. The average molecular weight is 362 g/mol. The van der Waals surface area contributed by atoms with Crippen LogP contribution in [0, 0.1) is 0 Å². The molecule has 0 unspecified atom stereocenters. The van der Waals surface area contributed by atoms with Crippen LogP contribution in [0.3, 0.4) is 0 Å². The first-order valence-corrected chi connectivity index (χ1v) is 8.42. The highest BCUT2D eigenvalue weighted by molar-refractivity contribution is 7.80. The van der Waals surface area contributed by atoms with Gasteiger partial charge in [0.1, 0.15) is 11.5 Å². The molecule has 0 spiro atoms. The van der Waals surface area contributed by atoms with Gasteiger partial charge in [0.15, 0.2) is 5.11 Å². The molecule has 0 saturated heterocycles. The molecule has 0 fully saturated rings. The number of benzene rings is 2. The third-order valence-electron chi connectivity index (χ3n) is 3.57. The molecule has 1 heterocycles. The van der Waals surface area contributed by atoms with E-state index in [1.807, 2.05) is 72.8 Å². The maximum atomic E-state index is 5.33. The molecular formula is C20H18N4OS. The van der Waals surface area contributed by atoms with E-state index in [-0.39, 0.29) is 0 Å². The SMILES string of the molecule is COc1ccc(NC(=S)N/N=C(/c2ccccc2)c2ccccn2)cc1. The van der Waals surface area contributed by atoms with E-state index in [4.69, 9.17) is 17.0 Å². The molecule has 0 atom stereocenters. The van der Waals surface area contributed by atoms with Crippen LogP contribution in [0.5, 0.6) is 5.75 Å². The minimum Gasteiger partial charge on any atom is -0.497 e. The van der Waals surface area contributed by atoms with E-state index in [0.717, 1.165) is 22.7 Å². The molecule has 0 saturated carbocycles. The first-order valence-electron chi connectivity index (χ1n) is 8.02. The number of pyridine rings is 1. The fraction of sp³-hybridized carbons (Fsp3) is 0.0500. The summed E-state index contributed by atoms with van der Waals surface area (Å²) < 4.78 is 5.15. The van der Waals surface area contributed by atoms with Crippen LogP contribution in [0.15, 0.2) is 84.1 Å². The number of rotatable bonds is 5. The average Bonchev–Trinajstić information content (AvgIpc) is 2.70. The van der Waals surface area contributed by atoms with Crippen LogP contribution < -0.4 is 15.5 Å². The lowest BCUT2D eigenvalue weighted by atomic mass is 10.1. The summed E-state index contributed by atoms with van der Waals surface area (Å²) in [4.78, 5) is 4.39. The fourth-order valence-corrected chi connectivity index (χ4v) is 2.47. The molecule has 0 aliphatic carbocycles. The van der Waals surface area contributed by atoms with E-state index in [2.05, 4.69) is 20.8 Å². The van der Waals surface area contributed by atoms with Crippen molar-refractivity contribution in [2.75, 3.05) is 12.4 Å². The van der Waals surface area contributed by atoms with Crippen molar-refractivity contribution in [3.63, 3.8) is 0 Å². The standard InChI is InChI=1S/C20H18N4OS/c1-25-17-12-10-16(11-13-17)22-20(26)24-23-19(15-7-3-2-4-8-15)18-9-5-6-14-21-18/h2-14H,1H3,(H2,22,24,26)/b23-19-. The first kappa shape index (κ1) is 17.6. The van der Waals surface area contributed by atoms with E-state index in [9.17, 15) is 0 Å². The predicted octanol–water partition coefficient (Wildman–Crippen LogP) is 3.83. The third kappa shape index (κ3) is 4.64. The van der Waals surface area contributed by atoms with E-state index in [1.54, 1.807) is 13.3 Å². The number of aromatic nitrogens is 1. The van der Waals surface area contributed by atoms with Gasteiger partial charge in [-0.3, -0.25) is 10.4 Å². The lowest BCUT2D eigenvalue weighted by molar-refractivity contribution is 0.415. The Labute approximate surface area is 157 Å². The first-order chi connectivity index (χ1) is 12.8. The monoisotopic (exact) mass is 362 g/mol. The summed E-state index contributed by atoms with van der Waals surface area (Å²) >= 11 is 5.33. The Morgan fingerprint density at radius 3 is 2.35 bits per heavy atom. The third-order valence-corrected chi connectivity index (χ3v) is 3.77. The number of hydrazone groups is 1. The van der Waals surface area contributed by atoms with Gasteiger partial charge in [-0.15, -0.1) is 0 Å². The summed E-state index contributed by atoms with van der Waals surface area (Å²) in [5.74, 6) is 0.786.